The maximum Gasteiger partial charge on any atom is 0.407 e. The fourth-order valence-electron chi connectivity index (χ4n) is 3.48. The summed E-state index contributed by atoms with van der Waals surface area (Å²) >= 11 is 0. The van der Waals surface area contributed by atoms with E-state index in [1.54, 1.807) is 0 Å². The first-order valence-corrected chi connectivity index (χ1v) is 11.0. The molecular formula is C23H33N5O4. The Morgan fingerprint density at radius 1 is 1.19 bits per heavy atom. The second-order valence-electron chi connectivity index (χ2n) is 8.59. The van der Waals surface area contributed by atoms with Gasteiger partial charge in [0.2, 0.25) is 0 Å². The van der Waals surface area contributed by atoms with Gasteiger partial charge in [-0.15, -0.1) is 0 Å². The van der Waals surface area contributed by atoms with Gasteiger partial charge >= 0.3 is 6.09 Å². The Bertz CT molecular complexity index is 1090. The highest BCUT2D eigenvalue weighted by Gasteiger charge is 2.18. The van der Waals surface area contributed by atoms with Crippen LogP contribution in [0.25, 0.3) is 21.9 Å². The number of anilines is 1. The summed E-state index contributed by atoms with van der Waals surface area (Å²) in [5, 5.41) is 3.67. The number of nitrogens with one attached hydrogen (secondary N) is 2. The van der Waals surface area contributed by atoms with E-state index in [-0.39, 0.29) is 18.8 Å². The largest absolute Gasteiger partial charge is 0.490 e. The number of benzene rings is 1. The molecule has 0 unspecified atom stereocenters. The molecule has 2 heterocycles. The van der Waals surface area contributed by atoms with Crippen LogP contribution in [0.4, 0.5) is 10.6 Å². The molecule has 32 heavy (non-hydrogen) atoms. The predicted octanol–water partition coefficient (Wildman–Crippen LogP) is 4.09. The van der Waals surface area contributed by atoms with Crippen LogP contribution in [0.5, 0.6) is 5.75 Å². The first kappa shape index (κ1) is 23.6. The predicted molar refractivity (Wildman–Crippen MR) is 125 cm³/mol. The van der Waals surface area contributed by atoms with Crippen molar-refractivity contribution in [2.45, 2.75) is 59.6 Å². The normalized spacial score (nSPS) is 11.8. The van der Waals surface area contributed by atoms with Crippen LogP contribution in [-0.4, -0.2) is 46.4 Å². The highest BCUT2D eigenvalue weighted by atomic mass is 16.6. The second-order valence-corrected chi connectivity index (χ2v) is 8.59. The van der Waals surface area contributed by atoms with Crippen LogP contribution in [0.2, 0.25) is 0 Å². The van der Waals surface area contributed by atoms with E-state index in [0.29, 0.717) is 30.4 Å². The van der Waals surface area contributed by atoms with Crippen LogP contribution in [-0.2, 0) is 22.5 Å². The van der Waals surface area contributed by atoms with Crippen molar-refractivity contribution in [2.75, 3.05) is 25.6 Å². The molecule has 2 aromatic heterocycles. The highest BCUT2D eigenvalue weighted by molar-refractivity contribution is 6.08. The molecule has 3 aromatic rings. The average molecular weight is 444 g/mol. The third-order valence-electron chi connectivity index (χ3n) is 4.73. The van der Waals surface area contributed by atoms with Crippen molar-refractivity contribution in [3.05, 3.63) is 23.5 Å². The van der Waals surface area contributed by atoms with Gasteiger partial charge in [-0.3, -0.25) is 0 Å². The molecule has 1 aromatic carbocycles. The number of imidazole rings is 1. The van der Waals surface area contributed by atoms with Gasteiger partial charge in [0.1, 0.15) is 48.2 Å². The van der Waals surface area contributed by atoms with Gasteiger partial charge in [0.15, 0.2) is 0 Å². The van der Waals surface area contributed by atoms with Gasteiger partial charge < -0.3 is 30.2 Å². The molecule has 0 aliphatic carbocycles. The molecule has 0 atom stereocenters. The Kier molecular flexibility index (Phi) is 7.40. The minimum atomic E-state index is -0.465. The first-order valence-electron chi connectivity index (χ1n) is 11.0. The third kappa shape index (κ3) is 5.59. The minimum Gasteiger partial charge on any atom is -0.490 e. The number of nitrogens with two attached hydrogens (primary N) is 1. The average Bonchev–Trinajstić information content (AvgIpc) is 3.14. The summed E-state index contributed by atoms with van der Waals surface area (Å²) in [5.74, 6) is 1.83. The Morgan fingerprint density at radius 3 is 2.66 bits per heavy atom. The number of H-pyrrole nitrogens is 1. The summed E-state index contributed by atoms with van der Waals surface area (Å²) < 4.78 is 16.7. The molecule has 0 saturated carbocycles. The third-order valence-corrected chi connectivity index (χ3v) is 4.73. The Balaban J connectivity index is 1.87. The van der Waals surface area contributed by atoms with E-state index in [4.69, 9.17) is 24.9 Å². The number of rotatable bonds is 9. The van der Waals surface area contributed by atoms with Crippen molar-refractivity contribution >= 4 is 33.8 Å². The molecule has 9 nitrogen and oxygen atoms in total. The molecule has 0 aliphatic heterocycles. The fraction of sp³-hybridized carbons (Fsp3) is 0.522. The van der Waals surface area contributed by atoms with Crippen molar-refractivity contribution in [1.29, 1.82) is 0 Å². The van der Waals surface area contributed by atoms with E-state index in [0.717, 1.165) is 40.6 Å². The van der Waals surface area contributed by atoms with E-state index >= 15 is 0 Å². The standard InChI is InChI=1S/C23H33N5O4/c1-6-8-14-16(31-11-12-32-22(29)28-23(3,4)5)10-9-15-18(14)19-20(21(24)25-15)27-17(26-19)13-30-7-2/h9-10H,6-8,11-13H2,1-5H3,(H2,24,25)(H,26,27)(H,28,29). The highest BCUT2D eigenvalue weighted by Crippen LogP contribution is 2.34. The number of alkyl carbamates (subject to hydrolysis) is 1. The van der Waals surface area contributed by atoms with Gasteiger partial charge in [-0.2, -0.15) is 0 Å². The maximum atomic E-state index is 11.8. The lowest BCUT2D eigenvalue weighted by Gasteiger charge is -2.20. The van der Waals surface area contributed by atoms with Crippen LogP contribution >= 0.6 is 0 Å². The topological polar surface area (TPSA) is 124 Å². The second kappa shape index (κ2) is 10.0. The minimum absolute atomic E-state index is 0.141. The van der Waals surface area contributed by atoms with Crippen LogP contribution in [0, 0.1) is 0 Å². The van der Waals surface area contributed by atoms with Crippen molar-refractivity contribution in [3.63, 3.8) is 0 Å². The number of hydrogen-bond donors (Lipinski definition) is 3. The molecule has 0 radical (unpaired) electrons. The summed E-state index contributed by atoms with van der Waals surface area (Å²) in [7, 11) is 0. The summed E-state index contributed by atoms with van der Waals surface area (Å²) in [6.07, 6.45) is 1.24. The summed E-state index contributed by atoms with van der Waals surface area (Å²) in [5.41, 5.74) is 9.07. The molecule has 4 N–H and O–H groups in total. The lowest BCUT2D eigenvalue weighted by molar-refractivity contribution is 0.118. The zero-order valence-electron chi connectivity index (χ0n) is 19.5. The van der Waals surface area contributed by atoms with Crippen molar-refractivity contribution in [2.24, 2.45) is 0 Å². The number of carbonyl (C=O) groups is 1. The fourth-order valence-corrected chi connectivity index (χ4v) is 3.48. The van der Waals surface area contributed by atoms with E-state index in [9.17, 15) is 4.79 Å². The quantitative estimate of drug-likeness (QED) is 0.426. The van der Waals surface area contributed by atoms with E-state index < -0.39 is 6.09 Å². The van der Waals surface area contributed by atoms with Gasteiger partial charge in [-0.25, -0.2) is 14.8 Å². The Morgan fingerprint density at radius 2 is 1.97 bits per heavy atom. The van der Waals surface area contributed by atoms with E-state index in [1.807, 2.05) is 39.8 Å². The molecule has 3 rings (SSSR count). The summed E-state index contributed by atoms with van der Waals surface area (Å²) in [6, 6.07) is 3.76. The molecule has 0 aliphatic rings. The van der Waals surface area contributed by atoms with Crippen LogP contribution < -0.4 is 15.8 Å². The van der Waals surface area contributed by atoms with Crippen molar-refractivity contribution in [3.8, 4) is 5.75 Å². The van der Waals surface area contributed by atoms with E-state index in [2.05, 4.69) is 22.2 Å². The van der Waals surface area contributed by atoms with Gasteiger partial charge in [0.25, 0.3) is 0 Å². The molecule has 0 fully saturated rings. The van der Waals surface area contributed by atoms with E-state index in [1.165, 1.54) is 0 Å². The van der Waals surface area contributed by atoms with Crippen LogP contribution in [0.1, 0.15) is 52.4 Å². The number of aromatic amines is 1. The van der Waals surface area contributed by atoms with Crippen LogP contribution in [0.3, 0.4) is 0 Å². The molecule has 0 spiro atoms. The lowest BCUT2D eigenvalue weighted by atomic mass is 10.0. The molecular weight excluding hydrogens is 410 g/mol. The van der Waals surface area contributed by atoms with Gasteiger partial charge in [-0.05, 0) is 46.2 Å². The smallest absolute Gasteiger partial charge is 0.407 e. The SMILES string of the molecule is CCCc1c(OCCOC(=O)NC(C)(C)C)ccc2nc(N)c3[nH]c(COCC)nc3c12. The molecule has 174 valence electrons. The molecule has 1 amide bonds. The Labute approximate surface area is 188 Å². The number of aromatic nitrogens is 3. The number of ether oxygens (including phenoxy) is 3. The van der Waals surface area contributed by atoms with Gasteiger partial charge in [-0.1, -0.05) is 13.3 Å². The lowest BCUT2D eigenvalue weighted by Crippen LogP contribution is -2.41. The molecule has 0 saturated heterocycles. The maximum absolute atomic E-state index is 11.8. The monoisotopic (exact) mass is 443 g/mol. The molecule has 0 bridgehead atoms. The zero-order valence-corrected chi connectivity index (χ0v) is 19.5. The summed E-state index contributed by atoms with van der Waals surface area (Å²) in [6.45, 7) is 11.1. The number of aryl methyl sites for hydroxylation is 1. The number of amides is 1. The zero-order chi connectivity index (χ0) is 23.3. The Hall–Kier alpha value is -3.07. The molecule has 9 heteroatoms. The number of nitrogen functional groups attached to an aromatic ring is 1. The number of carbonyl (C=O) groups excluding carboxylic acids is 1. The number of fused-ring (bicyclic) bond motifs is 3. The number of pyridine rings is 1. The van der Waals surface area contributed by atoms with Crippen molar-refractivity contribution < 1.29 is 19.0 Å². The first-order chi connectivity index (χ1) is 15.2. The number of nitrogens with zero attached hydrogens (tertiary/aromatic N) is 2. The van der Waals surface area contributed by atoms with Crippen molar-refractivity contribution in [1.82, 2.24) is 20.3 Å². The van der Waals surface area contributed by atoms with Gasteiger partial charge in [0.05, 0.1) is 5.52 Å². The summed E-state index contributed by atoms with van der Waals surface area (Å²) in [4.78, 5) is 24.4. The van der Waals surface area contributed by atoms with Gasteiger partial charge in [0, 0.05) is 23.1 Å². The van der Waals surface area contributed by atoms with Crippen LogP contribution in [0.15, 0.2) is 12.1 Å². The number of hydrogen-bond acceptors (Lipinski definition) is 7.